The molecule has 0 aliphatic heterocycles. The second kappa shape index (κ2) is 5.74. The summed E-state index contributed by atoms with van der Waals surface area (Å²) < 4.78 is 26.2. The maximum absolute atomic E-state index is 13.1. The molecule has 2 rings (SSSR count). The van der Waals surface area contributed by atoms with Crippen LogP contribution in [0.3, 0.4) is 0 Å². The average molecular weight is 247 g/mol. The van der Waals surface area contributed by atoms with Crippen molar-refractivity contribution in [1.82, 2.24) is 0 Å². The van der Waals surface area contributed by atoms with E-state index >= 15 is 0 Å². The van der Waals surface area contributed by atoms with Crippen molar-refractivity contribution in [2.24, 2.45) is 5.73 Å². The van der Waals surface area contributed by atoms with Crippen molar-refractivity contribution >= 4 is 0 Å². The summed E-state index contributed by atoms with van der Waals surface area (Å²) in [5, 5.41) is 0. The van der Waals surface area contributed by atoms with Gasteiger partial charge in [0, 0.05) is 12.0 Å². The molecule has 0 aliphatic rings. The van der Waals surface area contributed by atoms with E-state index in [1.54, 1.807) is 0 Å². The number of hydrogen-bond donors (Lipinski definition) is 1. The standard InChI is InChI=1S/C15H15F2N/c16-14-7-11(8-15(17)9-14)6-13(10-18)12-4-2-1-3-5-12/h1-5,7-9,13H,6,10,18H2. The summed E-state index contributed by atoms with van der Waals surface area (Å²) in [6.07, 6.45) is 0.537. The van der Waals surface area contributed by atoms with Crippen molar-refractivity contribution in [2.75, 3.05) is 6.54 Å². The molecule has 2 aromatic carbocycles. The summed E-state index contributed by atoms with van der Waals surface area (Å²) in [5.41, 5.74) is 7.46. The number of hydrogen-bond acceptors (Lipinski definition) is 1. The smallest absolute Gasteiger partial charge is 0.126 e. The van der Waals surface area contributed by atoms with Gasteiger partial charge in [-0.15, -0.1) is 0 Å². The van der Waals surface area contributed by atoms with Crippen molar-refractivity contribution in [3.63, 3.8) is 0 Å². The van der Waals surface area contributed by atoms with E-state index in [0.29, 0.717) is 18.5 Å². The van der Waals surface area contributed by atoms with E-state index in [0.717, 1.165) is 11.6 Å². The van der Waals surface area contributed by atoms with Gasteiger partial charge in [-0.1, -0.05) is 30.3 Å². The third kappa shape index (κ3) is 3.14. The zero-order valence-electron chi connectivity index (χ0n) is 9.94. The van der Waals surface area contributed by atoms with Crippen LogP contribution in [0.2, 0.25) is 0 Å². The van der Waals surface area contributed by atoms with Crippen LogP contribution in [-0.4, -0.2) is 6.54 Å². The lowest BCUT2D eigenvalue weighted by molar-refractivity contribution is 0.575. The predicted molar refractivity (Wildman–Crippen MR) is 68.3 cm³/mol. The number of halogens is 2. The van der Waals surface area contributed by atoms with E-state index in [4.69, 9.17) is 5.73 Å². The van der Waals surface area contributed by atoms with Gasteiger partial charge in [-0.3, -0.25) is 0 Å². The van der Waals surface area contributed by atoms with Crippen molar-refractivity contribution in [3.8, 4) is 0 Å². The summed E-state index contributed by atoms with van der Waals surface area (Å²) in [7, 11) is 0. The van der Waals surface area contributed by atoms with Crippen LogP contribution in [0, 0.1) is 11.6 Å². The fourth-order valence-electron chi connectivity index (χ4n) is 2.08. The highest BCUT2D eigenvalue weighted by molar-refractivity contribution is 5.25. The Morgan fingerprint density at radius 3 is 2.11 bits per heavy atom. The van der Waals surface area contributed by atoms with Gasteiger partial charge in [0.1, 0.15) is 11.6 Å². The maximum Gasteiger partial charge on any atom is 0.126 e. The Kier molecular flexibility index (Phi) is 4.05. The van der Waals surface area contributed by atoms with Crippen LogP contribution in [0.4, 0.5) is 8.78 Å². The fraction of sp³-hybridized carbons (Fsp3) is 0.200. The van der Waals surface area contributed by atoms with Gasteiger partial charge in [0.2, 0.25) is 0 Å². The molecule has 1 unspecified atom stereocenters. The highest BCUT2D eigenvalue weighted by atomic mass is 19.1. The molecule has 2 aromatic rings. The number of rotatable bonds is 4. The van der Waals surface area contributed by atoms with E-state index in [1.165, 1.54) is 12.1 Å². The topological polar surface area (TPSA) is 26.0 Å². The van der Waals surface area contributed by atoms with Crippen LogP contribution in [-0.2, 0) is 6.42 Å². The van der Waals surface area contributed by atoms with Crippen molar-refractivity contribution < 1.29 is 8.78 Å². The second-order valence-corrected chi connectivity index (χ2v) is 4.33. The van der Waals surface area contributed by atoms with E-state index in [9.17, 15) is 8.78 Å². The quantitative estimate of drug-likeness (QED) is 0.881. The van der Waals surface area contributed by atoms with Gasteiger partial charge in [-0.25, -0.2) is 8.78 Å². The van der Waals surface area contributed by atoms with Gasteiger partial charge in [-0.05, 0) is 36.2 Å². The van der Waals surface area contributed by atoms with Gasteiger partial charge in [0.15, 0.2) is 0 Å². The third-order valence-electron chi connectivity index (χ3n) is 2.96. The first kappa shape index (κ1) is 12.7. The summed E-state index contributed by atoms with van der Waals surface area (Å²) in [6.45, 7) is 0.447. The van der Waals surface area contributed by atoms with E-state index in [2.05, 4.69) is 0 Å². The van der Waals surface area contributed by atoms with E-state index in [1.807, 2.05) is 30.3 Å². The molecule has 18 heavy (non-hydrogen) atoms. The summed E-state index contributed by atoms with van der Waals surface area (Å²) in [5.74, 6) is -1.02. The minimum atomic E-state index is -0.547. The monoisotopic (exact) mass is 247 g/mol. The zero-order valence-corrected chi connectivity index (χ0v) is 9.94. The van der Waals surface area contributed by atoms with Crippen LogP contribution >= 0.6 is 0 Å². The predicted octanol–water partition coefficient (Wildman–Crippen LogP) is 3.25. The lowest BCUT2D eigenvalue weighted by Crippen LogP contribution is -2.15. The van der Waals surface area contributed by atoms with E-state index < -0.39 is 11.6 Å². The molecule has 0 fully saturated rings. The minimum Gasteiger partial charge on any atom is -0.330 e. The van der Waals surface area contributed by atoms with Gasteiger partial charge < -0.3 is 5.73 Å². The lowest BCUT2D eigenvalue weighted by atomic mass is 9.92. The molecular formula is C15H15F2N. The van der Waals surface area contributed by atoms with Crippen molar-refractivity contribution in [3.05, 3.63) is 71.3 Å². The molecule has 0 bridgehead atoms. The molecule has 1 atom stereocenters. The average Bonchev–Trinajstić information content (AvgIpc) is 2.36. The molecular weight excluding hydrogens is 232 g/mol. The Bertz CT molecular complexity index is 491. The molecule has 3 heteroatoms. The summed E-state index contributed by atoms with van der Waals surface area (Å²) >= 11 is 0. The first-order valence-corrected chi connectivity index (χ1v) is 5.89. The van der Waals surface area contributed by atoms with Crippen LogP contribution in [0.5, 0.6) is 0 Å². The van der Waals surface area contributed by atoms with Crippen LogP contribution in [0.25, 0.3) is 0 Å². The van der Waals surface area contributed by atoms with Gasteiger partial charge in [-0.2, -0.15) is 0 Å². The van der Waals surface area contributed by atoms with Crippen LogP contribution in [0.1, 0.15) is 17.0 Å². The second-order valence-electron chi connectivity index (χ2n) is 4.33. The lowest BCUT2D eigenvalue weighted by Gasteiger charge is -2.15. The Morgan fingerprint density at radius 1 is 0.944 bits per heavy atom. The molecule has 0 aliphatic carbocycles. The van der Waals surface area contributed by atoms with Gasteiger partial charge in [0.25, 0.3) is 0 Å². The number of nitrogens with two attached hydrogens (primary N) is 1. The molecule has 2 N–H and O–H groups in total. The number of benzene rings is 2. The Hall–Kier alpha value is -1.74. The minimum absolute atomic E-state index is 0.0763. The first-order valence-electron chi connectivity index (χ1n) is 5.89. The molecule has 0 amide bonds. The Labute approximate surface area is 105 Å². The van der Waals surface area contributed by atoms with Gasteiger partial charge in [0.05, 0.1) is 0 Å². The SMILES string of the molecule is NCC(Cc1cc(F)cc(F)c1)c1ccccc1. The first-order chi connectivity index (χ1) is 8.69. The van der Waals surface area contributed by atoms with Gasteiger partial charge >= 0.3 is 0 Å². The van der Waals surface area contributed by atoms with Crippen LogP contribution in [0.15, 0.2) is 48.5 Å². The van der Waals surface area contributed by atoms with Crippen molar-refractivity contribution in [1.29, 1.82) is 0 Å². The molecule has 0 saturated carbocycles. The summed E-state index contributed by atoms with van der Waals surface area (Å²) in [6, 6.07) is 13.3. The Morgan fingerprint density at radius 2 is 1.56 bits per heavy atom. The molecule has 0 saturated heterocycles. The Balaban J connectivity index is 2.20. The normalized spacial score (nSPS) is 12.4. The van der Waals surface area contributed by atoms with Crippen LogP contribution < -0.4 is 5.73 Å². The largest absolute Gasteiger partial charge is 0.330 e. The zero-order chi connectivity index (χ0) is 13.0. The third-order valence-corrected chi connectivity index (χ3v) is 2.96. The highest BCUT2D eigenvalue weighted by Crippen LogP contribution is 2.20. The van der Waals surface area contributed by atoms with Crippen molar-refractivity contribution in [2.45, 2.75) is 12.3 Å². The molecule has 1 nitrogen and oxygen atoms in total. The molecule has 0 spiro atoms. The fourth-order valence-corrected chi connectivity index (χ4v) is 2.08. The van der Waals surface area contributed by atoms with E-state index in [-0.39, 0.29) is 5.92 Å². The summed E-state index contributed by atoms with van der Waals surface area (Å²) in [4.78, 5) is 0. The molecule has 94 valence electrons. The highest BCUT2D eigenvalue weighted by Gasteiger charge is 2.11. The molecule has 0 radical (unpaired) electrons. The molecule has 0 heterocycles. The molecule has 0 aromatic heterocycles. The maximum atomic E-state index is 13.1.